The summed E-state index contributed by atoms with van der Waals surface area (Å²) in [6, 6.07) is 9.92. The van der Waals surface area contributed by atoms with Crippen LogP contribution in [0.15, 0.2) is 36.5 Å². The molecule has 1 aromatic carbocycles. The molecule has 0 atom stereocenters. The number of hydrogen-bond donors (Lipinski definition) is 2. The van der Waals surface area contributed by atoms with E-state index in [1.54, 1.807) is 0 Å². The van der Waals surface area contributed by atoms with Gasteiger partial charge in [0.2, 0.25) is 5.95 Å². The minimum Gasteiger partial charge on any atom is -0.365 e. The minimum atomic E-state index is -0.407. The Labute approximate surface area is 117 Å². The lowest BCUT2D eigenvalue weighted by atomic mass is 10.2. The van der Waals surface area contributed by atoms with E-state index in [2.05, 4.69) is 20.6 Å². The van der Waals surface area contributed by atoms with Gasteiger partial charge in [0.25, 0.3) is 0 Å². The summed E-state index contributed by atoms with van der Waals surface area (Å²) >= 11 is 0. The molecule has 4 nitrogen and oxygen atoms in total. The topological polar surface area (TPSA) is 49.8 Å². The average molecular weight is 272 g/mol. The minimum absolute atomic E-state index is 0.283. The highest BCUT2D eigenvalue weighted by atomic mass is 19.1. The van der Waals surface area contributed by atoms with Gasteiger partial charge in [-0.15, -0.1) is 0 Å². The van der Waals surface area contributed by atoms with Crippen LogP contribution >= 0.6 is 0 Å². The molecule has 2 aromatic rings. The van der Waals surface area contributed by atoms with Crippen LogP contribution in [0.2, 0.25) is 0 Å². The van der Waals surface area contributed by atoms with Gasteiger partial charge >= 0.3 is 0 Å². The van der Waals surface area contributed by atoms with E-state index < -0.39 is 5.82 Å². The summed E-state index contributed by atoms with van der Waals surface area (Å²) in [4.78, 5) is 8.19. The molecule has 0 unspecified atom stereocenters. The second-order valence-electron chi connectivity index (χ2n) is 5.01. The van der Waals surface area contributed by atoms with Crippen molar-refractivity contribution in [2.45, 2.75) is 31.7 Å². The van der Waals surface area contributed by atoms with Gasteiger partial charge in [0.05, 0.1) is 6.20 Å². The van der Waals surface area contributed by atoms with E-state index in [0.29, 0.717) is 12.0 Å². The van der Waals surface area contributed by atoms with Gasteiger partial charge in [0.15, 0.2) is 11.6 Å². The van der Waals surface area contributed by atoms with Crippen LogP contribution < -0.4 is 10.6 Å². The van der Waals surface area contributed by atoms with Gasteiger partial charge in [-0.25, -0.2) is 9.37 Å². The maximum Gasteiger partial charge on any atom is 0.229 e. The number of anilines is 3. The van der Waals surface area contributed by atoms with Crippen molar-refractivity contribution in [2.24, 2.45) is 0 Å². The van der Waals surface area contributed by atoms with E-state index in [4.69, 9.17) is 0 Å². The zero-order chi connectivity index (χ0) is 13.8. The van der Waals surface area contributed by atoms with E-state index in [0.717, 1.165) is 18.5 Å². The highest BCUT2D eigenvalue weighted by Gasteiger charge is 2.17. The Morgan fingerprint density at radius 3 is 2.60 bits per heavy atom. The van der Waals surface area contributed by atoms with Crippen molar-refractivity contribution < 1.29 is 4.39 Å². The summed E-state index contributed by atoms with van der Waals surface area (Å²) in [7, 11) is 0. The number of hydrogen-bond acceptors (Lipinski definition) is 4. The van der Waals surface area contributed by atoms with Crippen molar-refractivity contribution in [3.63, 3.8) is 0 Å². The largest absolute Gasteiger partial charge is 0.365 e. The Morgan fingerprint density at radius 2 is 1.85 bits per heavy atom. The van der Waals surface area contributed by atoms with Gasteiger partial charge in [-0.2, -0.15) is 4.98 Å². The Hall–Kier alpha value is -2.17. The van der Waals surface area contributed by atoms with Gasteiger partial charge in [0.1, 0.15) is 0 Å². The summed E-state index contributed by atoms with van der Waals surface area (Å²) in [5.74, 6) is 0.277. The summed E-state index contributed by atoms with van der Waals surface area (Å²) in [5, 5.41) is 6.24. The maximum absolute atomic E-state index is 13.7. The predicted octanol–water partition coefficient (Wildman–Crippen LogP) is 3.71. The number of rotatable bonds is 4. The standard InChI is InChI=1S/C15H17FN4/c16-13-10-17-15(19-12-6-2-1-3-7-12)20-14(13)18-11-8-4-5-9-11/h1-3,6-7,10-11H,4-5,8-9H2,(H2,17,18,19,20). The second-order valence-corrected chi connectivity index (χ2v) is 5.01. The SMILES string of the molecule is Fc1cnc(Nc2ccccc2)nc1NC1CCCC1. The molecule has 104 valence electrons. The Bertz CT molecular complexity index is 567. The van der Waals surface area contributed by atoms with Crippen LogP contribution in [0.5, 0.6) is 0 Å². The van der Waals surface area contributed by atoms with Crippen LogP contribution in [0.25, 0.3) is 0 Å². The number of para-hydroxylation sites is 1. The molecule has 0 bridgehead atoms. The molecule has 0 amide bonds. The fraction of sp³-hybridized carbons (Fsp3) is 0.333. The highest BCUT2D eigenvalue weighted by Crippen LogP contribution is 2.23. The molecular formula is C15H17FN4. The molecule has 1 aromatic heterocycles. The number of nitrogens with zero attached hydrogens (tertiary/aromatic N) is 2. The Balaban J connectivity index is 1.75. The van der Waals surface area contributed by atoms with Gasteiger partial charge in [-0.1, -0.05) is 31.0 Å². The number of benzene rings is 1. The molecule has 0 saturated heterocycles. The molecule has 2 N–H and O–H groups in total. The molecule has 1 aliphatic rings. The number of halogens is 1. The highest BCUT2D eigenvalue weighted by molar-refractivity contribution is 5.54. The van der Waals surface area contributed by atoms with Gasteiger partial charge in [-0.3, -0.25) is 0 Å². The predicted molar refractivity (Wildman–Crippen MR) is 77.6 cm³/mol. The average Bonchev–Trinajstić information content (AvgIpc) is 2.97. The van der Waals surface area contributed by atoms with E-state index in [1.807, 2.05) is 30.3 Å². The zero-order valence-corrected chi connectivity index (χ0v) is 11.1. The molecular weight excluding hydrogens is 255 g/mol. The molecule has 20 heavy (non-hydrogen) atoms. The lowest BCUT2D eigenvalue weighted by Gasteiger charge is -2.14. The monoisotopic (exact) mass is 272 g/mol. The van der Waals surface area contributed by atoms with Gasteiger partial charge in [-0.05, 0) is 25.0 Å². The van der Waals surface area contributed by atoms with Gasteiger partial charge in [0, 0.05) is 11.7 Å². The van der Waals surface area contributed by atoms with Crippen LogP contribution in [0.3, 0.4) is 0 Å². The van der Waals surface area contributed by atoms with Crippen LogP contribution in [0.1, 0.15) is 25.7 Å². The summed E-state index contributed by atoms with van der Waals surface area (Å²) in [5.41, 5.74) is 0.880. The first-order valence-electron chi connectivity index (χ1n) is 6.92. The summed E-state index contributed by atoms with van der Waals surface area (Å²) < 4.78 is 13.7. The molecule has 1 fully saturated rings. The smallest absolute Gasteiger partial charge is 0.229 e. The van der Waals surface area contributed by atoms with Crippen LogP contribution in [0, 0.1) is 5.82 Å². The van der Waals surface area contributed by atoms with Crippen LogP contribution in [-0.4, -0.2) is 16.0 Å². The Kier molecular flexibility index (Phi) is 3.76. The number of aromatic nitrogens is 2. The van der Waals surface area contributed by atoms with Crippen molar-refractivity contribution in [2.75, 3.05) is 10.6 Å². The van der Waals surface area contributed by atoms with E-state index in [1.165, 1.54) is 19.0 Å². The summed E-state index contributed by atoms with van der Waals surface area (Å²) in [6.45, 7) is 0. The third kappa shape index (κ3) is 3.04. The van der Waals surface area contributed by atoms with Crippen molar-refractivity contribution in [3.8, 4) is 0 Å². The zero-order valence-electron chi connectivity index (χ0n) is 11.1. The molecule has 1 saturated carbocycles. The van der Waals surface area contributed by atoms with E-state index >= 15 is 0 Å². The molecule has 3 rings (SSSR count). The first kappa shape index (κ1) is 12.8. The fourth-order valence-electron chi connectivity index (χ4n) is 2.44. The van der Waals surface area contributed by atoms with Crippen LogP contribution in [0.4, 0.5) is 21.8 Å². The van der Waals surface area contributed by atoms with E-state index in [-0.39, 0.29) is 5.82 Å². The molecule has 0 spiro atoms. The van der Waals surface area contributed by atoms with Gasteiger partial charge < -0.3 is 10.6 Å². The quantitative estimate of drug-likeness (QED) is 0.890. The first-order chi connectivity index (χ1) is 9.81. The third-order valence-corrected chi connectivity index (χ3v) is 3.47. The van der Waals surface area contributed by atoms with E-state index in [9.17, 15) is 4.39 Å². The molecule has 1 aliphatic carbocycles. The van der Waals surface area contributed by atoms with Crippen molar-refractivity contribution in [1.29, 1.82) is 0 Å². The normalized spacial score (nSPS) is 15.2. The molecule has 0 radical (unpaired) electrons. The van der Waals surface area contributed by atoms with Crippen molar-refractivity contribution >= 4 is 17.5 Å². The lowest BCUT2D eigenvalue weighted by Crippen LogP contribution is -2.17. The maximum atomic E-state index is 13.7. The Morgan fingerprint density at radius 1 is 1.10 bits per heavy atom. The fourth-order valence-corrected chi connectivity index (χ4v) is 2.44. The van der Waals surface area contributed by atoms with Crippen LogP contribution in [-0.2, 0) is 0 Å². The number of nitrogens with one attached hydrogen (secondary N) is 2. The van der Waals surface area contributed by atoms with Crippen molar-refractivity contribution in [3.05, 3.63) is 42.3 Å². The molecule has 1 heterocycles. The van der Waals surface area contributed by atoms with Crippen molar-refractivity contribution in [1.82, 2.24) is 9.97 Å². The lowest BCUT2D eigenvalue weighted by molar-refractivity contribution is 0.611. The first-order valence-corrected chi connectivity index (χ1v) is 6.92. The second kappa shape index (κ2) is 5.86. The molecule has 5 heteroatoms. The molecule has 0 aliphatic heterocycles. The third-order valence-electron chi connectivity index (χ3n) is 3.47. The summed E-state index contributed by atoms with van der Waals surface area (Å²) in [6.07, 6.45) is 5.74.